The van der Waals surface area contributed by atoms with Gasteiger partial charge in [-0.1, -0.05) is 12.8 Å². The zero-order chi connectivity index (χ0) is 15.4. The molecule has 0 saturated carbocycles. The van der Waals surface area contributed by atoms with Crippen LogP contribution >= 0.6 is 0 Å². The van der Waals surface area contributed by atoms with Gasteiger partial charge in [-0.15, -0.1) is 0 Å². The van der Waals surface area contributed by atoms with Gasteiger partial charge in [0.1, 0.15) is 29.6 Å². The normalized spacial score (nSPS) is 15.5. The highest BCUT2D eigenvalue weighted by Crippen LogP contribution is 2.23. The Bertz CT molecular complexity index is 640. The second-order valence-electron chi connectivity index (χ2n) is 5.41. The van der Waals surface area contributed by atoms with Crippen LogP contribution in [0.2, 0.25) is 0 Å². The van der Waals surface area contributed by atoms with Gasteiger partial charge in [-0.3, -0.25) is 0 Å². The molecule has 0 bridgehead atoms. The highest BCUT2D eigenvalue weighted by atomic mass is 19.1. The van der Waals surface area contributed by atoms with Gasteiger partial charge in [-0.25, -0.2) is 18.7 Å². The first-order chi connectivity index (χ1) is 10.7. The van der Waals surface area contributed by atoms with Gasteiger partial charge in [0.2, 0.25) is 0 Å². The molecular weight excluding hydrogens is 286 g/mol. The third kappa shape index (κ3) is 3.50. The number of benzene rings is 1. The van der Waals surface area contributed by atoms with Gasteiger partial charge >= 0.3 is 0 Å². The third-order valence-electron chi connectivity index (χ3n) is 3.78. The summed E-state index contributed by atoms with van der Waals surface area (Å²) < 4.78 is 26.6. The second kappa shape index (κ2) is 6.68. The molecule has 0 unspecified atom stereocenters. The molecule has 1 aliphatic rings. The summed E-state index contributed by atoms with van der Waals surface area (Å²) in [6, 6.07) is 5.22. The Labute approximate surface area is 128 Å². The van der Waals surface area contributed by atoms with Crippen LogP contribution in [0.4, 0.5) is 26.1 Å². The monoisotopic (exact) mass is 304 g/mol. The molecule has 0 amide bonds. The number of nitrogens with zero attached hydrogens (tertiary/aromatic N) is 3. The van der Waals surface area contributed by atoms with Crippen molar-refractivity contribution in [1.82, 2.24) is 9.97 Å². The standard InChI is InChI=1S/C16H18F2N4/c17-12-5-6-14(13(18)9-12)21-15-10-16(20-11-19-15)22-7-3-1-2-4-8-22/h5-6,9-11H,1-4,7-8H2,(H,19,20,21). The number of hydrogen-bond acceptors (Lipinski definition) is 4. The van der Waals surface area contributed by atoms with E-state index in [1.807, 2.05) is 0 Å². The van der Waals surface area contributed by atoms with Gasteiger partial charge in [0.05, 0.1) is 5.69 Å². The van der Waals surface area contributed by atoms with E-state index in [1.54, 1.807) is 6.07 Å². The lowest BCUT2D eigenvalue weighted by Gasteiger charge is -2.21. The molecule has 1 aromatic heterocycles. The average Bonchev–Trinajstić information content (AvgIpc) is 2.80. The van der Waals surface area contributed by atoms with Gasteiger partial charge in [-0.05, 0) is 25.0 Å². The van der Waals surface area contributed by atoms with Gasteiger partial charge in [0.15, 0.2) is 0 Å². The Kier molecular flexibility index (Phi) is 4.46. The molecule has 1 N–H and O–H groups in total. The Morgan fingerprint density at radius 2 is 1.73 bits per heavy atom. The fourth-order valence-corrected chi connectivity index (χ4v) is 2.62. The van der Waals surface area contributed by atoms with Crippen LogP contribution in [-0.4, -0.2) is 23.1 Å². The minimum Gasteiger partial charge on any atom is -0.356 e. The molecule has 2 heterocycles. The summed E-state index contributed by atoms with van der Waals surface area (Å²) in [6.45, 7) is 1.95. The lowest BCUT2D eigenvalue weighted by atomic mass is 10.2. The van der Waals surface area contributed by atoms with Crippen molar-refractivity contribution in [3.8, 4) is 0 Å². The van der Waals surface area contributed by atoms with Gasteiger partial charge in [0.25, 0.3) is 0 Å². The number of anilines is 3. The fourth-order valence-electron chi connectivity index (χ4n) is 2.62. The van der Waals surface area contributed by atoms with Crippen molar-refractivity contribution in [2.75, 3.05) is 23.3 Å². The number of rotatable bonds is 3. The molecule has 0 spiro atoms. The molecule has 1 fully saturated rings. The van der Waals surface area contributed by atoms with Gasteiger partial charge in [0, 0.05) is 25.2 Å². The Morgan fingerprint density at radius 1 is 0.955 bits per heavy atom. The number of halogens is 2. The summed E-state index contributed by atoms with van der Waals surface area (Å²) in [7, 11) is 0. The molecule has 116 valence electrons. The number of hydrogen-bond donors (Lipinski definition) is 1. The summed E-state index contributed by atoms with van der Waals surface area (Å²) in [5.74, 6) is 0.0904. The summed E-state index contributed by atoms with van der Waals surface area (Å²) in [6.07, 6.45) is 6.25. The minimum atomic E-state index is -0.644. The molecule has 6 heteroatoms. The van der Waals surface area contributed by atoms with Crippen molar-refractivity contribution in [2.45, 2.75) is 25.7 Å². The second-order valence-corrected chi connectivity index (χ2v) is 5.41. The molecular formula is C16H18F2N4. The Morgan fingerprint density at radius 3 is 2.45 bits per heavy atom. The zero-order valence-electron chi connectivity index (χ0n) is 12.2. The van der Waals surface area contributed by atoms with Crippen LogP contribution in [0.5, 0.6) is 0 Å². The minimum absolute atomic E-state index is 0.196. The maximum absolute atomic E-state index is 13.7. The fraction of sp³-hybridized carbons (Fsp3) is 0.375. The maximum Gasteiger partial charge on any atom is 0.149 e. The quantitative estimate of drug-likeness (QED) is 0.934. The summed E-state index contributed by atoms with van der Waals surface area (Å²) in [5, 5.41) is 2.88. The summed E-state index contributed by atoms with van der Waals surface area (Å²) >= 11 is 0. The molecule has 0 aliphatic carbocycles. The van der Waals surface area contributed by atoms with E-state index in [0.717, 1.165) is 37.8 Å². The van der Waals surface area contributed by atoms with Crippen molar-refractivity contribution in [2.24, 2.45) is 0 Å². The van der Waals surface area contributed by atoms with E-state index in [1.165, 1.54) is 31.3 Å². The predicted molar refractivity (Wildman–Crippen MR) is 82.4 cm³/mol. The number of aromatic nitrogens is 2. The van der Waals surface area contributed by atoms with Crippen molar-refractivity contribution < 1.29 is 8.78 Å². The molecule has 1 saturated heterocycles. The predicted octanol–water partition coefficient (Wildman–Crippen LogP) is 3.88. The van der Waals surface area contributed by atoms with Gasteiger partial charge < -0.3 is 10.2 Å². The van der Waals surface area contributed by atoms with Crippen LogP contribution in [0.1, 0.15) is 25.7 Å². The molecule has 0 atom stereocenters. The maximum atomic E-state index is 13.7. The van der Waals surface area contributed by atoms with E-state index >= 15 is 0 Å². The Balaban J connectivity index is 1.78. The van der Waals surface area contributed by atoms with Crippen molar-refractivity contribution in [3.63, 3.8) is 0 Å². The van der Waals surface area contributed by atoms with Crippen molar-refractivity contribution in [1.29, 1.82) is 0 Å². The van der Waals surface area contributed by atoms with Crippen LogP contribution in [0.3, 0.4) is 0 Å². The third-order valence-corrected chi connectivity index (χ3v) is 3.78. The number of nitrogens with one attached hydrogen (secondary N) is 1. The van der Waals surface area contributed by atoms with Gasteiger partial charge in [-0.2, -0.15) is 0 Å². The van der Waals surface area contributed by atoms with Crippen LogP contribution in [-0.2, 0) is 0 Å². The van der Waals surface area contributed by atoms with Crippen molar-refractivity contribution in [3.05, 3.63) is 42.2 Å². The highest BCUT2D eigenvalue weighted by Gasteiger charge is 2.12. The molecule has 1 aliphatic heterocycles. The van der Waals surface area contributed by atoms with E-state index < -0.39 is 11.6 Å². The SMILES string of the molecule is Fc1ccc(Nc2cc(N3CCCCCC3)ncn2)c(F)c1. The van der Waals surface area contributed by atoms with Crippen molar-refractivity contribution >= 4 is 17.3 Å². The first kappa shape index (κ1) is 14.7. The highest BCUT2D eigenvalue weighted by molar-refractivity contribution is 5.59. The Hall–Kier alpha value is -2.24. The van der Waals surface area contributed by atoms with E-state index in [-0.39, 0.29) is 5.69 Å². The molecule has 1 aromatic carbocycles. The molecule has 0 radical (unpaired) electrons. The first-order valence-corrected chi connectivity index (χ1v) is 7.51. The molecule has 22 heavy (non-hydrogen) atoms. The average molecular weight is 304 g/mol. The van der Waals surface area contributed by atoms with Crippen LogP contribution in [0.25, 0.3) is 0 Å². The first-order valence-electron chi connectivity index (χ1n) is 7.51. The zero-order valence-corrected chi connectivity index (χ0v) is 12.2. The molecule has 4 nitrogen and oxygen atoms in total. The molecule has 3 rings (SSSR count). The van der Waals surface area contributed by atoms with E-state index in [9.17, 15) is 8.78 Å². The largest absolute Gasteiger partial charge is 0.356 e. The lowest BCUT2D eigenvalue weighted by Crippen LogP contribution is -2.25. The van der Waals surface area contributed by atoms with Crippen LogP contribution in [0.15, 0.2) is 30.6 Å². The van der Waals surface area contributed by atoms with Crippen LogP contribution < -0.4 is 10.2 Å². The molecule has 2 aromatic rings. The van der Waals surface area contributed by atoms with E-state index in [2.05, 4.69) is 20.2 Å². The smallest absolute Gasteiger partial charge is 0.149 e. The van der Waals surface area contributed by atoms with E-state index in [4.69, 9.17) is 0 Å². The lowest BCUT2D eigenvalue weighted by molar-refractivity contribution is 0.586. The topological polar surface area (TPSA) is 41.0 Å². The van der Waals surface area contributed by atoms with E-state index in [0.29, 0.717) is 5.82 Å². The van der Waals surface area contributed by atoms with Crippen LogP contribution in [0, 0.1) is 11.6 Å². The summed E-state index contributed by atoms with van der Waals surface area (Å²) in [5.41, 5.74) is 0.196. The summed E-state index contributed by atoms with van der Waals surface area (Å²) in [4.78, 5) is 10.6.